The van der Waals surface area contributed by atoms with Crippen LogP contribution in [0, 0.1) is 11.3 Å². The van der Waals surface area contributed by atoms with Crippen LogP contribution in [0.4, 0.5) is 0 Å². The minimum Gasteiger partial charge on any atom is -0.387 e. The van der Waals surface area contributed by atoms with Crippen molar-refractivity contribution in [1.82, 2.24) is 4.98 Å². The van der Waals surface area contributed by atoms with Crippen molar-refractivity contribution in [2.24, 2.45) is 11.3 Å². The molecule has 2 atom stereocenters. The Labute approximate surface area is 230 Å². The Morgan fingerprint density at radius 1 is 1.18 bits per heavy atom. The fraction of sp³-hybridized carbons (Fsp3) is 0.567. The molecule has 39 heavy (non-hydrogen) atoms. The quantitative estimate of drug-likeness (QED) is 0.306. The van der Waals surface area contributed by atoms with Gasteiger partial charge in [0.05, 0.1) is 15.8 Å². The predicted octanol–water partition coefficient (Wildman–Crippen LogP) is 4.20. The first-order valence-electron chi connectivity index (χ1n) is 13.7. The number of nitrogens with zero attached hydrogens (tertiary/aromatic N) is 1. The van der Waals surface area contributed by atoms with Crippen LogP contribution in [0.1, 0.15) is 87.9 Å². The molecular weight excluding hydrogens is 518 g/mol. The number of pyridine rings is 1. The first-order chi connectivity index (χ1) is 18.3. The number of ketones is 2. The summed E-state index contributed by atoms with van der Waals surface area (Å²) in [5.41, 5.74) is -0.840. The molecule has 0 aromatic carbocycles. The summed E-state index contributed by atoms with van der Waals surface area (Å²) in [5, 5.41) is 19.9. The molecule has 8 nitrogen and oxygen atoms in total. The topological polar surface area (TPSA) is 131 Å². The number of rotatable bonds is 11. The summed E-state index contributed by atoms with van der Waals surface area (Å²) in [6.07, 6.45) is 10.8. The molecule has 3 aliphatic rings. The zero-order chi connectivity index (χ0) is 28.4. The van der Waals surface area contributed by atoms with Crippen LogP contribution in [-0.2, 0) is 19.4 Å². The number of aliphatic hydroxyl groups excluding tert-OH is 1. The fourth-order valence-electron chi connectivity index (χ4n) is 5.05. The van der Waals surface area contributed by atoms with Crippen molar-refractivity contribution in [3.63, 3.8) is 0 Å². The molecule has 2 unspecified atom stereocenters. The monoisotopic (exact) mass is 557 g/mol. The van der Waals surface area contributed by atoms with E-state index >= 15 is 0 Å². The molecule has 9 heteroatoms. The number of hydrogen-bond donors (Lipinski definition) is 2. The van der Waals surface area contributed by atoms with E-state index in [1.807, 2.05) is 19.1 Å². The van der Waals surface area contributed by atoms with Gasteiger partial charge in [-0.15, -0.1) is 0 Å². The SMILES string of the molecule is CC1(/C(=C\C2CCOCC2)C(=O)CCC(=O)c2ccc(C(O)C(C)(C)O)cn2)C=CC(S(=O)(=O)C2CC2)=CC1. The maximum atomic E-state index is 13.6. The number of carbonyl (C=O) groups is 2. The van der Waals surface area contributed by atoms with Gasteiger partial charge in [-0.1, -0.05) is 31.2 Å². The van der Waals surface area contributed by atoms with E-state index < -0.39 is 27.0 Å². The van der Waals surface area contributed by atoms with Crippen LogP contribution in [0.5, 0.6) is 0 Å². The average Bonchev–Trinajstić information content (AvgIpc) is 3.77. The Morgan fingerprint density at radius 2 is 1.87 bits per heavy atom. The molecule has 1 saturated heterocycles. The molecule has 2 N–H and O–H groups in total. The second-order valence-electron chi connectivity index (χ2n) is 11.7. The van der Waals surface area contributed by atoms with E-state index in [4.69, 9.17) is 4.74 Å². The first-order valence-corrected chi connectivity index (χ1v) is 15.2. The number of allylic oxidation sites excluding steroid dienone is 5. The van der Waals surface area contributed by atoms with E-state index in [1.54, 1.807) is 18.2 Å². The highest BCUT2D eigenvalue weighted by atomic mass is 32.2. The van der Waals surface area contributed by atoms with Gasteiger partial charge in [-0.05, 0) is 64.0 Å². The third kappa shape index (κ3) is 7.01. The van der Waals surface area contributed by atoms with Crippen LogP contribution in [-0.4, -0.2) is 59.2 Å². The lowest BCUT2D eigenvalue weighted by molar-refractivity contribution is -0.116. The first kappa shape index (κ1) is 29.5. The van der Waals surface area contributed by atoms with Gasteiger partial charge in [-0.25, -0.2) is 8.42 Å². The molecule has 212 valence electrons. The molecule has 0 radical (unpaired) electrons. The highest BCUT2D eigenvalue weighted by molar-refractivity contribution is 7.96. The minimum absolute atomic E-state index is 0.00396. The molecular formula is C30H39NO7S. The normalized spacial score (nSPS) is 23.8. The highest BCUT2D eigenvalue weighted by Crippen LogP contribution is 2.42. The summed E-state index contributed by atoms with van der Waals surface area (Å²) in [6.45, 7) is 6.17. The Hall–Kier alpha value is -2.46. The van der Waals surface area contributed by atoms with Crippen molar-refractivity contribution in [2.45, 2.75) is 82.7 Å². The number of carbonyl (C=O) groups excluding carboxylic acids is 2. The molecule has 2 fully saturated rings. The second kappa shape index (κ2) is 11.6. The van der Waals surface area contributed by atoms with Gasteiger partial charge in [-0.3, -0.25) is 14.6 Å². The van der Waals surface area contributed by atoms with Gasteiger partial charge >= 0.3 is 0 Å². The Balaban J connectivity index is 1.48. The van der Waals surface area contributed by atoms with Crippen molar-refractivity contribution in [2.75, 3.05) is 13.2 Å². The lowest BCUT2D eigenvalue weighted by atomic mass is 9.73. The molecule has 4 rings (SSSR count). The van der Waals surface area contributed by atoms with Gasteiger partial charge in [0.2, 0.25) is 0 Å². The Morgan fingerprint density at radius 3 is 2.41 bits per heavy atom. The van der Waals surface area contributed by atoms with Gasteiger partial charge in [0.1, 0.15) is 11.8 Å². The number of ether oxygens (including phenoxy) is 1. The molecule has 1 saturated carbocycles. The smallest absolute Gasteiger partial charge is 0.181 e. The summed E-state index contributed by atoms with van der Waals surface area (Å²) in [6, 6.07) is 3.04. The van der Waals surface area contributed by atoms with Gasteiger partial charge in [0.25, 0.3) is 0 Å². The van der Waals surface area contributed by atoms with E-state index in [9.17, 15) is 28.2 Å². The van der Waals surface area contributed by atoms with E-state index in [1.165, 1.54) is 26.1 Å². The van der Waals surface area contributed by atoms with E-state index in [0.29, 0.717) is 48.5 Å². The minimum atomic E-state index is -3.31. The van der Waals surface area contributed by atoms with E-state index in [0.717, 1.165) is 12.8 Å². The van der Waals surface area contributed by atoms with E-state index in [-0.39, 0.29) is 41.3 Å². The van der Waals surface area contributed by atoms with Crippen LogP contribution < -0.4 is 0 Å². The Kier molecular flexibility index (Phi) is 8.76. The summed E-state index contributed by atoms with van der Waals surface area (Å²) in [7, 11) is -3.31. The lowest BCUT2D eigenvalue weighted by Crippen LogP contribution is -2.28. The summed E-state index contributed by atoms with van der Waals surface area (Å²) < 4.78 is 30.9. The van der Waals surface area contributed by atoms with Gasteiger partial charge in [0, 0.05) is 48.8 Å². The molecule has 2 heterocycles. The Bertz CT molecular complexity index is 1280. The van der Waals surface area contributed by atoms with Crippen molar-refractivity contribution < 1.29 is 33.0 Å². The van der Waals surface area contributed by atoms with Crippen LogP contribution in [0.15, 0.2) is 53.1 Å². The highest BCUT2D eigenvalue weighted by Gasteiger charge is 2.40. The van der Waals surface area contributed by atoms with Gasteiger partial charge in [-0.2, -0.15) is 0 Å². The van der Waals surface area contributed by atoms with Crippen molar-refractivity contribution >= 4 is 21.4 Å². The zero-order valence-electron chi connectivity index (χ0n) is 22.9. The van der Waals surface area contributed by atoms with Crippen molar-refractivity contribution in [3.8, 4) is 0 Å². The molecule has 0 amide bonds. The fourth-order valence-corrected chi connectivity index (χ4v) is 6.76. The lowest BCUT2D eigenvalue weighted by Gasteiger charge is -2.32. The van der Waals surface area contributed by atoms with Crippen molar-refractivity contribution in [1.29, 1.82) is 0 Å². The molecule has 1 aromatic rings. The maximum Gasteiger partial charge on any atom is 0.181 e. The standard InChI is InChI=1S/C30H39NO7S/c1-29(2,35)28(34)21-4-7-25(31-19-21)27(33)9-8-26(32)24(18-20-12-16-38-17-13-20)30(3)14-10-23(11-15-30)39(36,37)22-5-6-22/h4,7,10-11,14,18-20,22,28,34-35H,5-6,8-9,12-13,15-17H2,1-3H3/b24-18-. The van der Waals surface area contributed by atoms with Crippen LogP contribution >= 0.6 is 0 Å². The molecule has 1 aliphatic heterocycles. The largest absolute Gasteiger partial charge is 0.387 e. The number of aromatic nitrogens is 1. The van der Waals surface area contributed by atoms with Crippen LogP contribution in [0.3, 0.4) is 0 Å². The second-order valence-corrected chi connectivity index (χ2v) is 13.9. The number of sulfone groups is 1. The maximum absolute atomic E-state index is 13.6. The average molecular weight is 558 g/mol. The van der Waals surface area contributed by atoms with Gasteiger partial charge < -0.3 is 14.9 Å². The van der Waals surface area contributed by atoms with Crippen LogP contribution in [0.2, 0.25) is 0 Å². The molecule has 2 aliphatic carbocycles. The zero-order valence-corrected chi connectivity index (χ0v) is 23.7. The molecule has 1 aromatic heterocycles. The summed E-state index contributed by atoms with van der Waals surface area (Å²) >= 11 is 0. The number of Topliss-reactive ketones (excluding diaryl/α,β-unsaturated/α-hetero) is 2. The van der Waals surface area contributed by atoms with Crippen molar-refractivity contribution in [3.05, 3.63) is 64.4 Å². The van der Waals surface area contributed by atoms with Crippen LogP contribution in [0.25, 0.3) is 0 Å². The predicted molar refractivity (Wildman–Crippen MR) is 148 cm³/mol. The third-order valence-corrected chi connectivity index (χ3v) is 10.2. The molecule has 0 spiro atoms. The number of aliphatic hydroxyl groups is 2. The third-order valence-electron chi connectivity index (χ3n) is 7.85. The molecule has 0 bridgehead atoms. The van der Waals surface area contributed by atoms with Gasteiger partial charge in [0.15, 0.2) is 21.4 Å². The summed E-state index contributed by atoms with van der Waals surface area (Å²) in [5.74, 6) is -0.256. The summed E-state index contributed by atoms with van der Waals surface area (Å²) in [4.78, 5) is 30.9. The number of hydrogen-bond acceptors (Lipinski definition) is 8. The van der Waals surface area contributed by atoms with E-state index in [2.05, 4.69) is 4.98 Å².